The van der Waals surface area contributed by atoms with Gasteiger partial charge in [0.2, 0.25) is 15.9 Å². The fraction of sp³-hybridized carbons (Fsp3) is 0.278. The maximum atomic E-state index is 12.9. The highest BCUT2D eigenvalue weighted by molar-refractivity contribution is 7.88. The summed E-state index contributed by atoms with van der Waals surface area (Å²) in [5.41, 5.74) is 1.32. The minimum absolute atomic E-state index is 0.00161. The van der Waals surface area contributed by atoms with Crippen LogP contribution >= 0.6 is 0 Å². The Bertz CT molecular complexity index is 808. The van der Waals surface area contributed by atoms with Gasteiger partial charge in [0, 0.05) is 24.7 Å². The third-order valence-electron chi connectivity index (χ3n) is 3.83. The molecule has 0 aliphatic carbocycles. The maximum Gasteiger partial charge on any atom is 0.225 e. The Labute approximate surface area is 147 Å². The number of nitrogens with one attached hydrogen (secondary N) is 1. The van der Waals surface area contributed by atoms with Crippen molar-refractivity contribution < 1.29 is 17.6 Å². The van der Waals surface area contributed by atoms with Crippen molar-refractivity contribution in [2.75, 3.05) is 18.1 Å². The van der Waals surface area contributed by atoms with E-state index in [0.717, 1.165) is 11.8 Å². The predicted molar refractivity (Wildman–Crippen MR) is 96.1 cm³/mol. The topological polar surface area (TPSA) is 66.5 Å². The van der Waals surface area contributed by atoms with Gasteiger partial charge in [0.05, 0.1) is 6.26 Å². The van der Waals surface area contributed by atoms with E-state index in [-0.39, 0.29) is 24.9 Å². The van der Waals surface area contributed by atoms with Gasteiger partial charge in [-0.2, -0.15) is 4.31 Å². The summed E-state index contributed by atoms with van der Waals surface area (Å²) in [6.07, 6.45) is 1.13. The fourth-order valence-corrected chi connectivity index (χ4v) is 3.63. The van der Waals surface area contributed by atoms with E-state index in [0.29, 0.717) is 5.69 Å². The summed E-state index contributed by atoms with van der Waals surface area (Å²) in [5, 5.41) is 2.63. The first-order valence-corrected chi connectivity index (χ1v) is 9.69. The van der Waals surface area contributed by atoms with Crippen molar-refractivity contribution in [2.24, 2.45) is 0 Å². The second-order valence-corrected chi connectivity index (χ2v) is 7.70. The second kappa shape index (κ2) is 8.22. The van der Waals surface area contributed by atoms with Crippen LogP contribution in [0.3, 0.4) is 0 Å². The number of nitrogens with zero attached hydrogens (tertiary/aromatic N) is 1. The van der Waals surface area contributed by atoms with Crippen molar-refractivity contribution in [3.63, 3.8) is 0 Å². The van der Waals surface area contributed by atoms with E-state index in [9.17, 15) is 17.6 Å². The smallest absolute Gasteiger partial charge is 0.225 e. The van der Waals surface area contributed by atoms with Crippen LogP contribution in [0.5, 0.6) is 0 Å². The lowest BCUT2D eigenvalue weighted by molar-refractivity contribution is -0.116. The average Bonchev–Trinajstić information content (AvgIpc) is 2.56. The molecule has 2 aromatic carbocycles. The quantitative estimate of drug-likeness (QED) is 0.821. The highest BCUT2D eigenvalue weighted by atomic mass is 32.2. The largest absolute Gasteiger partial charge is 0.326 e. The van der Waals surface area contributed by atoms with Crippen LogP contribution in [-0.2, 0) is 14.8 Å². The molecule has 0 spiro atoms. The van der Waals surface area contributed by atoms with E-state index < -0.39 is 15.8 Å². The Morgan fingerprint density at radius 2 is 1.72 bits per heavy atom. The Kier molecular flexibility index (Phi) is 6.27. The van der Waals surface area contributed by atoms with Crippen LogP contribution in [0.2, 0.25) is 0 Å². The van der Waals surface area contributed by atoms with Gasteiger partial charge in [0.1, 0.15) is 5.82 Å². The number of hydrogen-bond acceptors (Lipinski definition) is 3. The normalized spacial score (nSPS) is 12.8. The third-order valence-corrected chi connectivity index (χ3v) is 5.18. The van der Waals surface area contributed by atoms with Crippen LogP contribution in [0.1, 0.15) is 24.9 Å². The first-order chi connectivity index (χ1) is 11.8. The highest BCUT2D eigenvalue weighted by Gasteiger charge is 2.25. The lowest BCUT2D eigenvalue weighted by Gasteiger charge is -2.27. The average molecular weight is 364 g/mol. The molecule has 0 bridgehead atoms. The molecule has 0 aliphatic rings. The summed E-state index contributed by atoms with van der Waals surface area (Å²) >= 11 is 0. The molecule has 25 heavy (non-hydrogen) atoms. The van der Waals surface area contributed by atoms with Gasteiger partial charge in [0.15, 0.2) is 0 Å². The van der Waals surface area contributed by atoms with Gasteiger partial charge in [-0.05, 0) is 36.8 Å². The number of hydrogen-bond donors (Lipinski definition) is 1. The number of rotatable bonds is 7. The van der Waals surface area contributed by atoms with Crippen molar-refractivity contribution in [1.29, 1.82) is 0 Å². The van der Waals surface area contributed by atoms with E-state index in [1.54, 1.807) is 6.92 Å². The molecule has 2 rings (SSSR count). The van der Waals surface area contributed by atoms with Gasteiger partial charge in [-0.3, -0.25) is 4.79 Å². The lowest BCUT2D eigenvalue weighted by atomic mass is 10.1. The molecule has 2 aromatic rings. The van der Waals surface area contributed by atoms with E-state index in [2.05, 4.69) is 5.32 Å². The van der Waals surface area contributed by atoms with E-state index in [1.807, 2.05) is 30.3 Å². The van der Waals surface area contributed by atoms with Crippen LogP contribution in [0.25, 0.3) is 0 Å². The van der Waals surface area contributed by atoms with Crippen LogP contribution in [0.15, 0.2) is 54.6 Å². The van der Waals surface area contributed by atoms with Crippen molar-refractivity contribution >= 4 is 21.6 Å². The number of halogens is 1. The van der Waals surface area contributed by atoms with Gasteiger partial charge in [0.25, 0.3) is 0 Å². The molecule has 0 aliphatic heterocycles. The Hall–Kier alpha value is -2.25. The van der Waals surface area contributed by atoms with Gasteiger partial charge < -0.3 is 5.32 Å². The Balaban J connectivity index is 2.03. The summed E-state index contributed by atoms with van der Waals surface area (Å²) in [4.78, 5) is 12.1. The summed E-state index contributed by atoms with van der Waals surface area (Å²) < 4.78 is 38.4. The molecule has 134 valence electrons. The van der Waals surface area contributed by atoms with Gasteiger partial charge in [-0.15, -0.1) is 0 Å². The van der Waals surface area contributed by atoms with Gasteiger partial charge >= 0.3 is 0 Å². The van der Waals surface area contributed by atoms with Crippen LogP contribution in [0.4, 0.5) is 10.1 Å². The molecule has 1 unspecified atom stereocenters. The fourth-order valence-electron chi connectivity index (χ4n) is 2.51. The molecule has 0 saturated heterocycles. The zero-order valence-corrected chi connectivity index (χ0v) is 15.0. The molecule has 0 saturated carbocycles. The zero-order valence-electron chi connectivity index (χ0n) is 14.1. The van der Waals surface area contributed by atoms with Crippen LogP contribution < -0.4 is 5.32 Å². The molecule has 0 aromatic heterocycles. The van der Waals surface area contributed by atoms with Crippen molar-refractivity contribution in [3.8, 4) is 0 Å². The SMILES string of the molecule is CC(c1ccccc1)N(CCC(=O)Nc1ccc(F)cc1)S(C)(=O)=O. The zero-order chi connectivity index (χ0) is 18.4. The van der Waals surface area contributed by atoms with Gasteiger partial charge in [-0.25, -0.2) is 12.8 Å². The van der Waals surface area contributed by atoms with Crippen LogP contribution in [-0.4, -0.2) is 31.4 Å². The molecule has 0 fully saturated rings. The maximum absolute atomic E-state index is 12.9. The van der Waals surface area contributed by atoms with Gasteiger partial charge in [-0.1, -0.05) is 30.3 Å². The van der Waals surface area contributed by atoms with Crippen molar-refractivity contribution in [3.05, 3.63) is 66.0 Å². The molecule has 5 nitrogen and oxygen atoms in total. The number of anilines is 1. The van der Waals surface area contributed by atoms with Crippen molar-refractivity contribution in [1.82, 2.24) is 4.31 Å². The summed E-state index contributed by atoms with van der Waals surface area (Å²) in [7, 11) is -3.48. The molecular formula is C18H21FN2O3S. The molecule has 0 radical (unpaired) electrons. The molecular weight excluding hydrogens is 343 g/mol. The lowest BCUT2D eigenvalue weighted by Crippen LogP contribution is -2.35. The third kappa shape index (κ3) is 5.65. The van der Waals surface area contributed by atoms with Crippen molar-refractivity contribution in [2.45, 2.75) is 19.4 Å². The minimum Gasteiger partial charge on any atom is -0.326 e. The number of amides is 1. The second-order valence-electron chi connectivity index (χ2n) is 5.77. The Morgan fingerprint density at radius 1 is 1.12 bits per heavy atom. The molecule has 1 atom stereocenters. The number of carbonyl (C=O) groups is 1. The Morgan fingerprint density at radius 3 is 2.28 bits per heavy atom. The highest BCUT2D eigenvalue weighted by Crippen LogP contribution is 2.23. The summed E-state index contributed by atoms with van der Waals surface area (Å²) in [6.45, 7) is 1.84. The van der Waals surface area contributed by atoms with E-state index >= 15 is 0 Å². The van der Waals surface area contributed by atoms with E-state index in [4.69, 9.17) is 0 Å². The van der Waals surface area contributed by atoms with E-state index in [1.165, 1.54) is 28.6 Å². The van der Waals surface area contributed by atoms with Crippen LogP contribution in [0, 0.1) is 5.82 Å². The number of benzene rings is 2. The molecule has 7 heteroatoms. The summed E-state index contributed by atoms with van der Waals surface area (Å²) in [6, 6.07) is 14.3. The molecule has 0 heterocycles. The number of carbonyl (C=O) groups excluding carboxylic acids is 1. The minimum atomic E-state index is -3.48. The summed E-state index contributed by atoms with van der Waals surface area (Å²) in [5.74, 6) is -0.724. The molecule has 1 amide bonds. The number of sulfonamides is 1. The standard InChI is InChI=1S/C18H21FN2O3S/c1-14(15-6-4-3-5-7-15)21(25(2,23)24)13-12-18(22)20-17-10-8-16(19)9-11-17/h3-11,14H,12-13H2,1-2H3,(H,20,22). The monoisotopic (exact) mass is 364 g/mol. The first kappa shape index (κ1) is 19.1. The predicted octanol–water partition coefficient (Wildman–Crippen LogP) is 3.18. The molecule has 1 N–H and O–H groups in total. The first-order valence-electron chi connectivity index (χ1n) is 7.84.